The molecule has 0 unspecified atom stereocenters. The zero-order valence-electron chi connectivity index (χ0n) is 9.20. The second-order valence-corrected chi connectivity index (χ2v) is 4.17. The SMILES string of the molecule is CC(C)N(N)CCCN1CCCC1=O. The summed E-state index contributed by atoms with van der Waals surface area (Å²) in [6.45, 7) is 6.80. The van der Waals surface area contributed by atoms with Gasteiger partial charge in [-0.15, -0.1) is 0 Å². The summed E-state index contributed by atoms with van der Waals surface area (Å²) in [7, 11) is 0. The average molecular weight is 199 g/mol. The van der Waals surface area contributed by atoms with E-state index in [1.165, 1.54) is 0 Å². The van der Waals surface area contributed by atoms with Crippen LogP contribution in [-0.4, -0.2) is 41.5 Å². The molecule has 1 heterocycles. The van der Waals surface area contributed by atoms with Crippen molar-refractivity contribution in [2.75, 3.05) is 19.6 Å². The number of nitrogens with two attached hydrogens (primary N) is 1. The van der Waals surface area contributed by atoms with Gasteiger partial charge in [-0.2, -0.15) is 0 Å². The molecule has 0 aromatic heterocycles. The predicted molar refractivity (Wildman–Crippen MR) is 56.5 cm³/mol. The number of nitrogens with zero attached hydrogens (tertiary/aromatic N) is 2. The van der Waals surface area contributed by atoms with E-state index in [2.05, 4.69) is 13.8 Å². The lowest BCUT2D eigenvalue weighted by Gasteiger charge is -2.22. The summed E-state index contributed by atoms with van der Waals surface area (Å²) < 4.78 is 0. The van der Waals surface area contributed by atoms with Crippen molar-refractivity contribution in [1.82, 2.24) is 9.91 Å². The molecule has 2 N–H and O–H groups in total. The lowest BCUT2D eigenvalue weighted by Crippen LogP contribution is -2.39. The summed E-state index contributed by atoms with van der Waals surface area (Å²) in [5.41, 5.74) is 0. The molecule has 1 amide bonds. The van der Waals surface area contributed by atoms with Crippen LogP contribution in [0.1, 0.15) is 33.1 Å². The summed E-state index contributed by atoms with van der Waals surface area (Å²) in [5, 5.41) is 1.82. The van der Waals surface area contributed by atoms with Gasteiger partial charge in [0.05, 0.1) is 0 Å². The highest BCUT2D eigenvalue weighted by Crippen LogP contribution is 2.09. The minimum atomic E-state index is 0.304. The number of hydrogen-bond acceptors (Lipinski definition) is 3. The number of hydrazine groups is 1. The van der Waals surface area contributed by atoms with E-state index in [0.717, 1.165) is 38.9 Å². The van der Waals surface area contributed by atoms with E-state index in [1.807, 2.05) is 9.91 Å². The maximum Gasteiger partial charge on any atom is 0.222 e. The smallest absolute Gasteiger partial charge is 0.222 e. The number of carbonyl (C=O) groups is 1. The highest BCUT2D eigenvalue weighted by atomic mass is 16.2. The van der Waals surface area contributed by atoms with Gasteiger partial charge in [-0.25, -0.2) is 5.01 Å². The number of carbonyl (C=O) groups excluding carboxylic acids is 1. The molecule has 0 radical (unpaired) electrons. The van der Waals surface area contributed by atoms with Crippen LogP contribution in [-0.2, 0) is 4.79 Å². The van der Waals surface area contributed by atoms with Gasteiger partial charge in [0.1, 0.15) is 0 Å². The minimum absolute atomic E-state index is 0.304. The predicted octanol–water partition coefficient (Wildman–Crippen LogP) is 0.583. The molecule has 0 spiro atoms. The van der Waals surface area contributed by atoms with Crippen molar-refractivity contribution in [2.45, 2.75) is 39.2 Å². The van der Waals surface area contributed by atoms with Crippen LogP contribution in [0.4, 0.5) is 0 Å². The van der Waals surface area contributed by atoms with Crippen molar-refractivity contribution >= 4 is 5.91 Å². The van der Waals surface area contributed by atoms with E-state index in [1.54, 1.807) is 0 Å². The van der Waals surface area contributed by atoms with Crippen LogP contribution in [0.2, 0.25) is 0 Å². The second-order valence-electron chi connectivity index (χ2n) is 4.17. The van der Waals surface area contributed by atoms with Gasteiger partial charge in [-0.1, -0.05) is 0 Å². The third kappa shape index (κ3) is 3.27. The van der Waals surface area contributed by atoms with Crippen LogP contribution in [0, 0.1) is 0 Å². The van der Waals surface area contributed by atoms with Crippen LogP contribution in [0.25, 0.3) is 0 Å². The molecule has 0 aromatic rings. The number of likely N-dealkylation sites (tertiary alicyclic amines) is 1. The molecular formula is C10H21N3O. The zero-order chi connectivity index (χ0) is 10.6. The molecule has 0 bridgehead atoms. The fraction of sp³-hybridized carbons (Fsp3) is 0.900. The maximum absolute atomic E-state index is 11.3. The monoisotopic (exact) mass is 199 g/mol. The Labute approximate surface area is 86.0 Å². The standard InChI is InChI=1S/C10H21N3O/c1-9(2)13(11)8-4-7-12-6-3-5-10(12)14/h9H,3-8,11H2,1-2H3. The first kappa shape index (κ1) is 11.5. The van der Waals surface area contributed by atoms with Gasteiger partial charge in [0.2, 0.25) is 5.91 Å². The van der Waals surface area contributed by atoms with Crippen LogP contribution in [0.15, 0.2) is 0 Å². The Kier molecular flexibility index (Phi) is 4.35. The van der Waals surface area contributed by atoms with E-state index >= 15 is 0 Å². The molecular weight excluding hydrogens is 178 g/mol. The van der Waals surface area contributed by atoms with Crippen molar-refractivity contribution in [3.05, 3.63) is 0 Å². The van der Waals surface area contributed by atoms with Crippen LogP contribution in [0.5, 0.6) is 0 Å². The van der Waals surface area contributed by atoms with E-state index in [4.69, 9.17) is 5.84 Å². The van der Waals surface area contributed by atoms with Gasteiger partial charge in [0.15, 0.2) is 0 Å². The summed E-state index contributed by atoms with van der Waals surface area (Å²) in [5.74, 6) is 6.07. The molecule has 4 nitrogen and oxygen atoms in total. The summed E-state index contributed by atoms with van der Waals surface area (Å²) in [6.07, 6.45) is 2.73. The Morgan fingerprint density at radius 1 is 1.57 bits per heavy atom. The Morgan fingerprint density at radius 3 is 2.79 bits per heavy atom. The largest absolute Gasteiger partial charge is 0.343 e. The molecule has 14 heavy (non-hydrogen) atoms. The summed E-state index contributed by atoms with van der Waals surface area (Å²) >= 11 is 0. The van der Waals surface area contributed by atoms with Gasteiger partial charge < -0.3 is 4.90 Å². The summed E-state index contributed by atoms with van der Waals surface area (Å²) in [4.78, 5) is 13.2. The molecule has 4 heteroatoms. The fourth-order valence-corrected chi connectivity index (χ4v) is 1.64. The van der Waals surface area contributed by atoms with E-state index in [-0.39, 0.29) is 0 Å². The third-order valence-electron chi connectivity index (χ3n) is 2.68. The van der Waals surface area contributed by atoms with Crippen molar-refractivity contribution in [2.24, 2.45) is 5.84 Å². The summed E-state index contributed by atoms with van der Waals surface area (Å²) in [6, 6.07) is 0.379. The molecule has 1 rings (SSSR count). The Bertz CT molecular complexity index is 194. The van der Waals surface area contributed by atoms with E-state index in [9.17, 15) is 4.79 Å². The first-order valence-corrected chi connectivity index (χ1v) is 5.40. The van der Waals surface area contributed by atoms with Gasteiger partial charge in [-0.05, 0) is 26.7 Å². The normalized spacial score (nSPS) is 17.5. The molecule has 0 aliphatic carbocycles. The lowest BCUT2D eigenvalue weighted by atomic mass is 10.3. The maximum atomic E-state index is 11.3. The lowest BCUT2D eigenvalue weighted by molar-refractivity contribution is -0.127. The zero-order valence-corrected chi connectivity index (χ0v) is 9.20. The van der Waals surface area contributed by atoms with Crippen molar-refractivity contribution < 1.29 is 4.79 Å². The van der Waals surface area contributed by atoms with Gasteiger partial charge in [0.25, 0.3) is 0 Å². The van der Waals surface area contributed by atoms with Crippen molar-refractivity contribution in [1.29, 1.82) is 0 Å². The quantitative estimate of drug-likeness (QED) is 0.520. The topological polar surface area (TPSA) is 49.6 Å². The highest BCUT2D eigenvalue weighted by Gasteiger charge is 2.19. The molecule has 82 valence electrons. The number of rotatable bonds is 5. The van der Waals surface area contributed by atoms with E-state index < -0.39 is 0 Å². The minimum Gasteiger partial charge on any atom is -0.343 e. The fourth-order valence-electron chi connectivity index (χ4n) is 1.64. The van der Waals surface area contributed by atoms with Gasteiger partial charge >= 0.3 is 0 Å². The van der Waals surface area contributed by atoms with E-state index in [0.29, 0.717) is 11.9 Å². The first-order chi connectivity index (χ1) is 6.61. The second kappa shape index (κ2) is 5.32. The number of hydrogen-bond donors (Lipinski definition) is 1. The molecule has 1 fully saturated rings. The molecule has 1 aliphatic heterocycles. The first-order valence-electron chi connectivity index (χ1n) is 5.40. The third-order valence-corrected chi connectivity index (χ3v) is 2.68. The number of amides is 1. The van der Waals surface area contributed by atoms with Crippen LogP contribution >= 0.6 is 0 Å². The van der Waals surface area contributed by atoms with Gasteiger partial charge in [-0.3, -0.25) is 10.6 Å². The molecule has 0 atom stereocenters. The molecule has 1 aliphatic rings. The van der Waals surface area contributed by atoms with Crippen molar-refractivity contribution in [3.8, 4) is 0 Å². The van der Waals surface area contributed by atoms with Crippen LogP contribution in [0.3, 0.4) is 0 Å². The molecule has 0 saturated carbocycles. The average Bonchev–Trinajstić information content (AvgIpc) is 2.51. The Balaban J connectivity index is 2.12. The molecule has 0 aromatic carbocycles. The molecule has 1 saturated heterocycles. The van der Waals surface area contributed by atoms with Gasteiger partial charge in [0, 0.05) is 32.1 Å². The Morgan fingerprint density at radius 2 is 2.29 bits per heavy atom. The highest BCUT2D eigenvalue weighted by molar-refractivity contribution is 5.77. The Hall–Kier alpha value is -0.610. The van der Waals surface area contributed by atoms with Crippen molar-refractivity contribution in [3.63, 3.8) is 0 Å². The van der Waals surface area contributed by atoms with Crippen LogP contribution < -0.4 is 5.84 Å².